The summed E-state index contributed by atoms with van der Waals surface area (Å²) < 4.78 is 25.4. The third-order valence-corrected chi connectivity index (χ3v) is 5.07. The molecule has 1 aliphatic heterocycles. The average Bonchev–Trinajstić information content (AvgIpc) is 2.26. The van der Waals surface area contributed by atoms with Crippen molar-refractivity contribution in [2.24, 2.45) is 0 Å². The highest BCUT2D eigenvalue weighted by Gasteiger charge is 2.28. The van der Waals surface area contributed by atoms with Crippen LogP contribution < -0.4 is 0 Å². The smallest absolute Gasteiger partial charge is 0.215 e. The van der Waals surface area contributed by atoms with Gasteiger partial charge in [-0.15, -0.1) is 11.6 Å². The fraction of sp³-hybridized carbons (Fsp3) is 1.00. The van der Waals surface area contributed by atoms with E-state index in [1.165, 1.54) is 0 Å². The first kappa shape index (κ1) is 13.2. The van der Waals surface area contributed by atoms with Crippen molar-refractivity contribution < 1.29 is 8.42 Å². The standard InChI is InChI=1S/C9H19ClN2O2S/c1-9-8-11(2)5-3-6-12(9)15(13,14)7-4-10/h9H,3-8H2,1-2H3. The molecule has 90 valence electrons. The van der Waals surface area contributed by atoms with E-state index in [1.54, 1.807) is 4.31 Å². The van der Waals surface area contributed by atoms with Gasteiger partial charge in [0.25, 0.3) is 0 Å². The van der Waals surface area contributed by atoms with Crippen LogP contribution in [0, 0.1) is 0 Å². The number of hydrogen-bond acceptors (Lipinski definition) is 3. The predicted molar refractivity (Wildman–Crippen MR) is 62.8 cm³/mol. The molecule has 15 heavy (non-hydrogen) atoms. The van der Waals surface area contributed by atoms with Gasteiger partial charge >= 0.3 is 0 Å². The number of alkyl halides is 1. The van der Waals surface area contributed by atoms with E-state index < -0.39 is 10.0 Å². The Morgan fingerprint density at radius 3 is 2.67 bits per heavy atom. The lowest BCUT2D eigenvalue weighted by Crippen LogP contribution is -2.43. The van der Waals surface area contributed by atoms with Gasteiger partial charge in [-0.3, -0.25) is 0 Å². The lowest BCUT2D eigenvalue weighted by molar-refractivity contribution is 0.291. The van der Waals surface area contributed by atoms with Crippen LogP contribution in [-0.4, -0.2) is 62.0 Å². The van der Waals surface area contributed by atoms with Crippen LogP contribution in [0.5, 0.6) is 0 Å². The molecule has 0 N–H and O–H groups in total. The molecule has 1 saturated heterocycles. The molecule has 0 amide bonds. The molecule has 0 aromatic carbocycles. The molecule has 0 aromatic rings. The maximum absolute atomic E-state index is 11.9. The van der Waals surface area contributed by atoms with Gasteiger partial charge in [-0.25, -0.2) is 8.42 Å². The van der Waals surface area contributed by atoms with Gasteiger partial charge in [0.05, 0.1) is 5.75 Å². The van der Waals surface area contributed by atoms with Crippen molar-refractivity contribution in [1.29, 1.82) is 0 Å². The van der Waals surface area contributed by atoms with Crippen molar-refractivity contribution in [3.8, 4) is 0 Å². The summed E-state index contributed by atoms with van der Waals surface area (Å²) >= 11 is 5.51. The highest BCUT2D eigenvalue weighted by molar-refractivity contribution is 7.89. The zero-order valence-corrected chi connectivity index (χ0v) is 10.9. The van der Waals surface area contributed by atoms with Crippen LogP contribution in [0.1, 0.15) is 13.3 Å². The van der Waals surface area contributed by atoms with Crippen molar-refractivity contribution in [1.82, 2.24) is 9.21 Å². The maximum Gasteiger partial charge on any atom is 0.215 e. The second-order valence-electron chi connectivity index (χ2n) is 4.08. The van der Waals surface area contributed by atoms with E-state index in [2.05, 4.69) is 4.90 Å². The second kappa shape index (κ2) is 5.48. The van der Waals surface area contributed by atoms with Gasteiger partial charge in [-0.2, -0.15) is 4.31 Å². The Labute approximate surface area is 97.2 Å². The highest BCUT2D eigenvalue weighted by atomic mass is 35.5. The fourth-order valence-corrected chi connectivity index (χ4v) is 4.02. The third kappa shape index (κ3) is 3.59. The first-order valence-corrected chi connectivity index (χ1v) is 7.36. The Morgan fingerprint density at radius 1 is 1.40 bits per heavy atom. The van der Waals surface area contributed by atoms with Gasteiger partial charge in [-0.1, -0.05) is 0 Å². The molecule has 1 aliphatic rings. The number of likely N-dealkylation sites (N-methyl/N-ethyl adjacent to an activating group) is 1. The Kier molecular flexibility index (Phi) is 4.83. The molecule has 0 saturated carbocycles. The van der Waals surface area contributed by atoms with Crippen LogP contribution in [0.25, 0.3) is 0 Å². The summed E-state index contributed by atoms with van der Waals surface area (Å²) in [7, 11) is -1.13. The van der Waals surface area contributed by atoms with Gasteiger partial charge in [0.2, 0.25) is 10.0 Å². The monoisotopic (exact) mass is 254 g/mol. The van der Waals surface area contributed by atoms with Gasteiger partial charge in [0.15, 0.2) is 0 Å². The molecule has 0 bridgehead atoms. The summed E-state index contributed by atoms with van der Waals surface area (Å²) in [4.78, 5) is 2.17. The van der Waals surface area contributed by atoms with E-state index in [-0.39, 0.29) is 17.7 Å². The van der Waals surface area contributed by atoms with E-state index >= 15 is 0 Å². The molecular formula is C9H19ClN2O2S. The van der Waals surface area contributed by atoms with Gasteiger partial charge in [0.1, 0.15) is 0 Å². The van der Waals surface area contributed by atoms with Crippen LogP contribution in [0.15, 0.2) is 0 Å². The molecule has 0 aliphatic carbocycles. The first-order chi connectivity index (χ1) is 6.97. The Bertz CT molecular complexity index is 294. The zero-order valence-electron chi connectivity index (χ0n) is 9.32. The Balaban J connectivity index is 2.75. The molecule has 0 radical (unpaired) electrons. The van der Waals surface area contributed by atoms with Crippen LogP contribution >= 0.6 is 11.6 Å². The SMILES string of the molecule is CC1CN(C)CCCN1S(=O)(=O)CCCl. The third-order valence-electron chi connectivity index (χ3n) is 2.68. The largest absolute Gasteiger partial charge is 0.305 e. The summed E-state index contributed by atoms with van der Waals surface area (Å²) in [6.07, 6.45) is 0.891. The van der Waals surface area contributed by atoms with E-state index in [0.717, 1.165) is 19.5 Å². The van der Waals surface area contributed by atoms with E-state index in [0.29, 0.717) is 6.54 Å². The molecule has 1 fully saturated rings. The number of nitrogens with zero attached hydrogens (tertiary/aromatic N) is 2. The molecular weight excluding hydrogens is 236 g/mol. The van der Waals surface area contributed by atoms with Crippen molar-refractivity contribution in [3.63, 3.8) is 0 Å². The van der Waals surface area contributed by atoms with Crippen LogP contribution in [0.2, 0.25) is 0 Å². The Hall–Kier alpha value is 0.160. The predicted octanol–water partition coefficient (Wildman–Crippen LogP) is 0.581. The molecule has 1 unspecified atom stereocenters. The van der Waals surface area contributed by atoms with Crippen molar-refractivity contribution in [3.05, 3.63) is 0 Å². The second-order valence-corrected chi connectivity index (χ2v) is 6.50. The zero-order chi connectivity index (χ0) is 11.5. The summed E-state index contributed by atoms with van der Waals surface area (Å²) in [5.74, 6) is 0.212. The van der Waals surface area contributed by atoms with Crippen molar-refractivity contribution >= 4 is 21.6 Å². The van der Waals surface area contributed by atoms with Crippen LogP contribution in [0.4, 0.5) is 0 Å². The van der Waals surface area contributed by atoms with Gasteiger partial charge in [-0.05, 0) is 26.9 Å². The van der Waals surface area contributed by atoms with Gasteiger partial charge < -0.3 is 4.90 Å². The summed E-state index contributed by atoms with van der Waals surface area (Å²) in [6, 6.07) is 0.0470. The van der Waals surface area contributed by atoms with Crippen LogP contribution in [-0.2, 0) is 10.0 Å². The van der Waals surface area contributed by atoms with E-state index in [9.17, 15) is 8.42 Å². The minimum atomic E-state index is -3.15. The topological polar surface area (TPSA) is 40.6 Å². The molecule has 4 nitrogen and oxygen atoms in total. The van der Waals surface area contributed by atoms with Crippen molar-refractivity contribution in [2.75, 3.05) is 38.3 Å². The molecule has 0 spiro atoms. The Morgan fingerprint density at radius 2 is 2.07 bits per heavy atom. The number of hydrogen-bond donors (Lipinski definition) is 0. The van der Waals surface area contributed by atoms with Gasteiger partial charge in [0, 0.05) is 25.0 Å². The lowest BCUT2D eigenvalue weighted by atomic mass is 10.3. The number of sulfonamides is 1. The quantitative estimate of drug-likeness (QED) is 0.692. The van der Waals surface area contributed by atoms with Crippen molar-refractivity contribution in [2.45, 2.75) is 19.4 Å². The molecule has 1 atom stereocenters. The van der Waals surface area contributed by atoms with E-state index in [1.807, 2.05) is 14.0 Å². The normalized spacial score (nSPS) is 26.5. The summed E-state index contributed by atoms with van der Waals surface area (Å²) in [6.45, 7) is 4.32. The number of halogens is 1. The molecule has 1 heterocycles. The summed E-state index contributed by atoms with van der Waals surface area (Å²) in [5.41, 5.74) is 0. The van der Waals surface area contributed by atoms with Crippen LogP contribution in [0.3, 0.4) is 0 Å². The van der Waals surface area contributed by atoms with E-state index in [4.69, 9.17) is 11.6 Å². The lowest BCUT2D eigenvalue weighted by Gasteiger charge is -2.26. The molecule has 1 rings (SSSR count). The summed E-state index contributed by atoms with van der Waals surface area (Å²) in [5, 5.41) is 0. The molecule has 6 heteroatoms. The molecule has 0 aromatic heterocycles. The number of rotatable bonds is 3. The maximum atomic E-state index is 11.9. The highest BCUT2D eigenvalue weighted by Crippen LogP contribution is 2.14. The average molecular weight is 255 g/mol. The minimum absolute atomic E-state index is 0.0443. The fourth-order valence-electron chi connectivity index (χ4n) is 1.98. The first-order valence-electron chi connectivity index (χ1n) is 5.21. The minimum Gasteiger partial charge on any atom is -0.305 e.